The summed E-state index contributed by atoms with van der Waals surface area (Å²) in [6, 6.07) is 12.8. The summed E-state index contributed by atoms with van der Waals surface area (Å²) in [6.07, 6.45) is -0.182. The Hall–Kier alpha value is -2.19. The van der Waals surface area contributed by atoms with Crippen molar-refractivity contribution in [1.82, 2.24) is 15.4 Å². The average Bonchev–Trinajstić information content (AvgIpc) is 2.65. The Morgan fingerprint density at radius 1 is 1.04 bits per heavy atom. The third kappa shape index (κ3) is 3.39. The molecule has 0 amide bonds. The van der Waals surface area contributed by atoms with Gasteiger partial charge in [-0.2, -0.15) is 10.5 Å². The largest absolute Gasteiger partial charge is 0.352 e. The van der Waals surface area contributed by atoms with Gasteiger partial charge in [-0.3, -0.25) is 0 Å². The Balaban J connectivity index is 1.55. The first-order valence-electron chi connectivity index (χ1n) is 8.92. The summed E-state index contributed by atoms with van der Waals surface area (Å²) in [6.45, 7) is 5.65. The van der Waals surface area contributed by atoms with Crippen LogP contribution in [-0.4, -0.2) is 49.4 Å². The third-order valence-electron chi connectivity index (χ3n) is 4.85. The number of hydrogen-bond acceptors (Lipinski definition) is 6. The number of rotatable bonds is 4. The molecule has 7 heteroatoms. The van der Waals surface area contributed by atoms with E-state index < -0.39 is 0 Å². The van der Waals surface area contributed by atoms with Crippen molar-refractivity contribution in [3.05, 3.63) is 48.3 Å². The Kier molecular flexibility index (Phi) is 4.78. The third-order valence-corrected chi connectivity index (χ3v) is 4.85. The molecule has 1 atom stereocenters. The molecule has 0 spiro atoms. The van der Waals surface area contributed by atoms with Gasteiger partial charge in [0.2, 0.25) is 0 Å². The molecule has 2 aliphatic rings. The molecule has 2 aromatic rings. The first-order chi connectivity index (χ1) is 12.6. The lowest BCUT2D eigenvalue weighted by atomic mass is 10.1. The second-order valence-electron chi connectivity index (χ2n) is 6.79. The topological polar surface area (TPSA) is 43.0 Å². The van der Waals surface area contributed by atoms with Gasteiger partial charge in [-0.25, -0.2) is 9.33 Å². The SMILES string of the molecule is CC(NON1CCN(C)CC1)N1c2ccccc2Nc2ccc(F)cc21. The molecule has 1 unspecified atom stereocenters. The number of benzene rings is 2. The van der Waals surface area contributed by atoms with E-state index in [1.807, 2.05) is 36.3 Å². The van der Waals surface area contributed by atoms with Crippen molar-refractivity contribution in [2.75, 3.05) is 43.4 Å². The molecule has 138 valence electrons. The summed E-state index contributed by atoms with van der Waals surface area (Å²) < 4.78 is 13.9. The number of para-hydroxylation sites is 2. The number of anilines is 4. The minimum absolute atomic E-state index is 0.182. The Morgan fingerprint density at radius 2 is 1.77 bits per heavy atom. The van der Waals surface area contributed by atoms with Crippen molar-refractivity contribution in [3.8, 4) is 0 Å². The van der Waals surface area contributed by atoms with Crippen LogP contribution in [0.5, 0.6) is 0 Å². The van der Waals surface area contributed by atoms with Crippen LogP contribution in [0.25, 0.3) is 0 Å². The van der Waals surface area contributed by atoms with Crippen LogP contribution < -0.4 is 15.7 Å². The van der Waals surface area contributed by atoms with Gasteiger partial charge in [0.05, 0.1) is 22.7 Å². The summed E-state index contributed by atoms with van der Waals surface area (Å²) in [7, 11) is 2.11. The molecule has 0 aromatic heterocycles. The average molecular weight is 357 g/mol. The highest BCUT2D eigenvalue weighted by molar-refractivity contribution is 5.91. The molecule has 2 aromatic carbocycles. The number of halogens is 1. The number of fused-ring (bicyclic) bond motifs is 2. The van der Waals surface area contributed by atoms with Gasteiger partial charge >= 0.3 is 0 Å². The van der Waals surface area contributed by atoms with E-state index in [9.17, 15) is 4.39 Å². The van der Waals surface area contributed by atoms with Gasteiger partial charge < -0.3 is 15.1 Å². The highest BCUT2D eigenvalue weighted by atomic mass is 19.1. The highest BCUT2D eigenvalue weighted by Crippen LogP contribution is 2.44. The van der Waals surface area contributed by atoms with Crippen LogP contribution in [0.3, 0.4) is 0 Å². The van der Waals surface area contributed by atoms with Crippen molar-refractivity contribution in [2.24, 2.45) is 0 Å². The zero-order chi connectivity index (χ0) is 18.1. The van der Waals surface area contributed by atoms with Crippen molar-refractivity contribution < 1.29 is 9.33 Å². The number of hydroxylamine groups is 3. The summed E-state index contributed by atoms with van der Waals surface area (Å²) in [5.74, 6) is -0.262. The van der Waals surface area contributed by atoms with E-state index in [1.54, 1.807) is 12.1 Å². The fourth-order valence-corrected chi connectivity index (χ4v) is 3.37. The van der Waals surface area contributed by atoms with Gasteiger partial charge in [0, 0.05) is 26.2 Å². The van der Waals surface area contributed by atoms with Crippen LogP contribution >= 0.6 is 0 Å². The lowest BCUT2D eigenvalue weighted by Gasteiger charge is -2.39. The van der Waals surface area contributed by atoms with E-state index in [2.05, 4.69) is 27.6 Å². The number of nitrogens with zero attached hydrogens (tertiary/aromatic N) is 3. The second kappa shape index (κ2) is 7.20. The monoisotopic (exact) mass is 357 g/mol. The zero-order valence-electron chi connectivity index (χ0n) is 15.1. The highest BCUT2D eigenvalue weighted by Gasteiger charge is 2.27. The lowest BCUT2D eigenvalue weighted by Crippen LogP contribution is -2.50. The smallest absolute Gasteiger partial charge is 0.125 e. The van der Waals surface area contributed by atoms with Crippen LogP contribution in [0.1, 0.15) is 6.92 Å². The van der Waals surface area contributed by atoms with Crippen LogP contribution in [0.15, 0.2) is 42.5 Å². The van der Waals surface area contributed by atoms with Crippen LogP contribution in [0.2, 0.25) is 0 Å². The van der Waals surface area contributed by atoms with E-state index in [-0.39, 0.29) is 12.0 Å². The van der Waals surface area contributed by atoms with Crippen LogP contribution in [0.4, 0.5) is 27.1 Å². The van der Waals surface area contributed by atoms with Crippen LogP contribution in [0, 0.1) is 5.82 Å². The van der Waals surface area contributed by atoms with Gasteiger partial charge in [-0.1, -0.05) is 12.1 Å². The molecular formula is C19H24FN5O. The van der Waals surface area contributed by atoms with E-state index in [0.29, 0.717) is 0 Å². The Bertz CT molecular complexity index is 778. The molecule has 1 saturated heterocycles. The summed E-state index contributed by atoms with van der Waals surface area (Å²) in [5, 5.41) is 5.30. The standard InChI is InChI=1S/C19H24FN5O/c1-14(22-26-24-11-9-23(2)10-12-24)25-18-6-4-3-5-16(18)21-17-8-7-15(20)13-19(17)25/h3-8,13-14,21-22H,9-12H2,1-2H3. The number of nitrogens with one attached hydrogen (secondary N) is 2. The normalized spacial score (nSPS) is 18.8. The fraction of sp³-hybridized carbons (Fsp3) is 0.368. The van der Waals surface area contributed by atoms with Gasteiger partial charge in [-0.15, -0.1) is 0 Å². The molecule has 0 bridgehead atoms. The van der Waals surface area contributed by atoms with Crippen molar-refractivity contribution >= 4 is 22.7 Å². The molecule has 0 radical (unpaired) electrons. The number of likely N-dealkylation sites (N-methyl/N-ethyl adjacent to an activating group) is 1. The van der Waals surface area contributed by atoms with Gasteiger partial charge in [0.15, 0.2) is 0 Å². The Labute approximate surface area is 153 Å². The van der Waals surface area contributed by atoms with Crippen molar-refractivity contribution in [2.45, 2.75) is 13.1 Å². The molecule has 2 N–H and O–H groups in total. The molecule has 1 fully saturated rings. The predicted octanol–water partition coefficient (Wildman–Crippen LogP) is 3.05. The molecule has 0 aliphatic carbocycles. The van der Waals surface area contributed by atoms with Gasteiger partial charge in [0.25, 0.3) is 0 Å². The molecule has 6 nitrogen and oxygen atoms in total. The minimum Gasteiger partial charge on any atom is -0.352 e. The molecule has 2 aliphatic heterocycles. The summed E-state index contributed by atoms with van der Waals surface area (Å²) in [4.78, 5) is 10.1. The molecule has 4 rings (SSSR count). The van der Waals surface area contributed by atoms with E-state index >= 15 is 0 Å². The maximum absolute atomic E-state index is 13.9. The first kappa shape index (κ1) is 17.2. The van der Waals surface area contributed by atoms with Gasteiger partial charge in [-0.05, 0) is 44.3 Å². The molecule has 0 saturated carbocycles. The Morgan fingerprint density at radius 3 is 2.58 bits per heavy atom. The van der Waals surface area contributed by atoms with E-state index in [1.165, 1.54) is 6.07 Å². The van der Waals surface area contributed by atoms with E-state index in [4.69, 9.17) is 4.94 Å². The fourth-order valence-electron chi connectivity index (χ4n) is 3.37. The van der Waals surface area contributed by atoms with Gasteiger partial charge in [0.1, 0.15) is 12.0 Å². The maximum Gasteiger partial charge on any atom is 0.125 e. The summed E-state index contributed by atoms with van der Waals surface area (Å²) in [5.41, 5.74) is 6.74. The van der Waals surface area contributed by atoms with Crippen LogP contribution in [-0.2, 0) is 4.94 Å². The lowest BCUT2D eigenvalue weighted by molar-refractivity contribution is -0.229. The van der Waals surface area contributed by atoms with Crippen molar-refractivity contribution in [1.29, 1.82) is 0 Å². The van der Waals surface area contributed by atoms with E-state index in [0.717, 1.165) is 48.9 Å². The minimum atomic E-state index is -0.262. The molecular weight excluding hydrogens is 333 g/mol. The summed E-state index contributed by atoms with van der Waals surface area (Å²) >= 11 is 0. The second-order valence-corrected chi connectivity index (χ2v) is 6.79. The quantitative estimate of drug-likeness (QED) is 0.820. The first-order valence-corrected chi connectivity index (χ1v) is 8.92. The number of piperazine rings is 1. The van der Waals surface area contributed by atoms with Crippen molar-refractivity contribution in [3.63, 3.8) is 0 Å². The predicted molar refractivity (Wildman–Crippen MR) is 101 cm³/mol. The molecule has 2 heterocycles. The zero-order valence-corrected chi connectivity index (χ0v) is 15.1. The number of hydrogen-bond donors (Lipinski definition) is 2. The maximum atomic E-state index is 13.9. The molecule has 26 heavy (non-hydrogen) atoms.